The van der Waals surface area contributed by atoms with Crippen LogP contribution in [0, 0.1) is 0 Å². The molecular weight excluding hydrogens is 398 g/mol. The van der Waals surface area contributed by atoms with E-state index >= 15 is 0 Å². The van der Waals surface area contributed by atoms with Crippen LogP contribution in [0.3, 0.4) is 0 Å². The van der Waals surface area contributed by atoms with E-state index in [1.807, 2.05) is 47.4 Å². The van der Waals surface area contributed by atoms with Gasteiger partial charge in [0, 0.05) is 35.4 Å². The van der Waals surface area contributed by atoms with Crippen molar-refractivity contribution in [1.82, 2.24) is 25.7 Å². The zero-order valence-corrected chi connectivity index (χ0v) is 17.7. The first kappa shape index (κ1) is 19.2. The number of H-pyrrole nitrogens is 1. The van der Waals surface area contributed by atoms with Crippen molar-refractivity contribution in [3.8, 4) is 0 Å². The summed E-state index contributed by atoms with van der Waals surface area (Å²) in [7, 11) is 0. The minimum atomic E-state index is -0.280. The second kappa shape index (κ2) is 7.89. The lowest BCUT2D eigenvalue weighted by Gasteiger charge is -2.37. The molecule has 6 nitrogen and oxygen atoms in total. The molecule has 0 radical (unpaired) electrons. The van der Waals surface area contributed by atoms with Crippen LogP contribution >= 0.6 is 0 Å². The highest BCUT2D eigenvalue weighted by Crippen LogP contribution is 2.38. The van der Waals surface area contributed by atoms with Gasteiger partial charge in [-0.05, 0) is 42.2 Å². The van der Waals surface area contributed by atoms with Crippen LogP contribution in [-0.4, -0.2) is 33.4 Å². The number of aromatic amines is 1. The van der Waals surface area contributed by atoms with Gasteiger partial charge in [-0.15, -0.1) is 0 Å². The molecule has 3 atom stereocenters. The van der Waals surface area contributed by atoms with E-state index in [4.69, 9.17) is 0 Å². The first-order chi connectivity index (χ1) is 15.8. The number of pyridine rings is 1. The van der Waals surface area contributed by atoms with Gasteiger partial charge in [-0.25, -0.2) is 10.9 Å². The summed E-state index contributed by atoms with van der Waals surface area (Å²) in [6, 6.07) is 24.2. The molecule has 6 rings (SSSR count). The molecule has 3 N–H and O–H groups in total. The minimum Gasteiger partial charge on any atom is -0.356 e. The van der Waals surface area contributed by atoms with E-state index < -0.39 is 0 Å². The second-order valence-corrected chi connectivity index (χ2v) is 8.54. The molecular formula is C26H25N5O. The van der Waals surface area contributed by atoms with Gasteiger partial charge in [-0.3, -0.25) is 9.78 Å². The Kier molecular flexibility index (Phi) is 4.74. The van der Waals surface area contributed by atoms with E-state index in [2.05, 4.69) is 51.2 Å². The number of nitrogens with zero attached hydrogens (tertiary/aromatic N) is 2. The number of nitrogens with one attached hydrogen (secondary N) is 3. The number of carbonyl (C=O) groups is 1. The van der Waals surface area contributed by atoms with Crippen LogP contribution in [0.15, 0.2) is 79.0 Å². The van der Waals surface area contributed by atoms with Gasteiger partial charge in [0.2, 0.25) is 5.91 Å². The van der Waals surface area contributed by atoms with Crippen molar-refractivity contribution in [2.24, 2.45) is 0 Å². The Morgan fingerprint density at radius 2 is 1.75 bits per heavy atom. The van der Waals surface area contributed by atoms with Crippen LogP contribution in [0.25, 0.3) is 10.9 Å². The van der Waals surface area contributed by atoms with Crippen molar-refractivity contribution in [3.63, 3.8) is 0 Å². The number of hydrogen-bond acceptors (Lipinski definition) is 4. The Balaban J connectivity index is 1.35. The van der Waals surface area contributed by atoms with Gasteiger partial charge in [-0.2, -0.15) is 0 Å². The second-order valence-electron chi connectivity index (χ2n) is 8.54. The topological polar surface area (TPSA) is 73.1 Å². The molecule has 0 spiro atoms. The zero-order chi connectivity index (χ0) is 21.5. The van der Waals surface area contributed by atoms with Crippen LogP contribution < -0.4 is 10.9 Å². The minimum absolute atomic E-state index is 0.107. The molecule has 0 bridgehead atoms. The van der Waals surface area contributed by atoms with Crippen LogP contribution in [0.2, 0.25) is 0 Å². The molecule has 2 aliphatic rings. The first-order valence-electron chi connectivity index (χ1n) is 11.2. The molecule has 1 saturated heterocycles. The van der Waals surface area contributed by atoms with E-state index in [0.29, 0.717) is 13.0 Å². The van der Waals surface area contributed by atoms with Crippen molar-refractivity contribution < 1.29 is 4.79 Å². The number of benzene rings is 2. The highest BCUT2D eigenvalue weighted by molar-refractivity contribution is 5.87. The molecule has 6 heteroatoms. The Labute approximate surface area is 186 Å². The number of fused-ring (bicyclic) bond motifs is 3. The first-order valence-corrected chi connectivity index (χ1v) is 11.2. The standard InChI is InChI=1S/C26H25N5O/c32-26(23-16-22(29-30-23)17-8-2-1-3-9-17)31-15-13-19-18-10-4-5-11-20(18)28-24(19)25(31)21-12-6-7-14-27-21/h1-12,14,22-23,25,28-30H,13,15-16H2. The summed E-state index contributed by atoms with van der Waals surface area (Å²) in [4.78, 5) is 24.0. The van der Waals surface area contributed by atoms with Crippen molar-refractivity contribution in [2.75, 3.05) is 6.54 Å². The van der Waals surface area contributed by atoms with Gasteiger partial charge in [0.05, 0.1) is 5.69 Å². The third-order valence-electron chi connectivity index (χ3n) is 6.69. The molecule has 2 aromatic heterocycles. The molecule has 2 aliphatic heterocycles. The quantitative estimate of drug-likeness (QED) is 0.470. The molecule has 0 saturated carbocycles. The molecule has 4 heterocycles. The average Bonchev–Trinajstić information content (AvgIpc) is 3.49. The van der Waals surface area contributed by atoms with Gasteiger partial charge >= 0.3 is 0 Å². The van der Waals surface area contributed by atoms with E-state index in [1.54, 1.807) is 6.20 Å². The van der Waals surface area contributed by atoms with E-state index in [0.717, 1.165) is 23.3 Å². The lowest BCUT2D eigenvalue weighted by atomic mass is 9.93. The van der Waals surface area contributed by atoms with Crippen molar-refractivity contribution in [2.45, 2.75) is 31.0 Å². The molecule has 1 fully saturated rings. The van der Waals surface area contributed by atoms with E-state index in [1.165, 1.54) is 16.5 Å². The molecule has 1 amide bonds. The molecule has 160 valence electrons. The number of hydrogen-bond donors (Lipinski definition) is 3. The van der Waals surface area contributed by atoms with Gasteiger partial charge in [0.1, 0.15) is 12.1 Å². The molecule has 0 aliphatic carbocycles. The third-order valence-corrected chi connectivity index (χ3v) is 6.69. The fourth-order valence-corrected chi connectivity index (χ4v) is 5.15. The Bertz CT molecular complexity index is 1250. The normalized spacial score (nSPS) is 22.8. The Morgan fingerprint density at radius 3 is 2.59 bits per heavy atom. The fraction of sp³-hybridized carbons (Fsp3) is 0.231. The van der Waals surface area contributed by atoms with E-state index in [-0.39, 0.29) is 24.0 Å². The summed E-state index contributed by atoms with van der Waals surface area (Å²) in [6.07, 6.45) is 3.35. The smallest absolute Gasteiger partial charge is 0.242 e. The van der Waals surface area contributed by atoms with Crippen LogP contribution in [0.4, 0.5) is 0 Å². The predicted octanol–water partition coefficient (Wildman–Crippen LogP) is 3.64. The summed E-state index contributed by atoms with van der Waals surface area (Å²) in [6.45, 7) is 0.670. The molecule has 4 aromatic rings. The lowest BCUT2D eigenvalue weighted by Crippen LogP contribution is -2.49. The van der Waals surface area contributed by atoms with Gasteiger partial charge in [0.15, 0.2) is 0 Å². The van der Waals surface area contributed by atoms with Crippen molar-refractivity contribution >= 4 is 16.8 Å². The molecule has 2 aromatic carbocycles. The summed E-state index contributed by atoms with van der Waals surface area (Å²) in [5.41, 5.74) is 12.1. The maximum absolute atomic E-state index is 13.8. The van der Waals surface area contributed by atoms with Crippen LogP contribution in [0.1, 0.15) is 41.0 Å². The monoisotopic (exact) mass is 423 g/mol. The van der Waals surface area contributed by atoms with E-state index in [9.17, 15) is 4.79 Å². The Morgan fingerprint density at radius 1 is 0.938 bits per heavy atom. The average molecular weight is 424 g/mol. The molecule has 3 unspecified atom stereocenters. The molecule has 32 heavy (non-hydrogen) atoms. The number of amides is 1. The number of aromatic nitrogens is 2. The maximum Gasteiger partial charge on any atom is 0.242 e. The number of carbonyl (C=O) groups excluding carboxylic acids is 1. The summed E-state index contributed by atoms with van der Waals surface area (Å²) in [5.74, 6) is 0.107. The summed E-state index contributed by atoms with van der Waals surface area (Å²) in [5, 5.41) is 1.24. The van der Waals surface area contributed by atoms with Crippen molar-refractivity contribution in [1.29, 1.82) is 0 Å². The predicted molar refractivity (Wildman–Crippen MR) is 124 cm³/mol. The third kappa shape index (κ3) is 3.20. The highest BCUT2D eigenvalue weighted by atomic mass is 16.2. The number of para-hydroxylation sites is 1. The van der Waals surface area contributed by atoms with Crippen LogP contribution in [-0.2, 0) is 11.2 Å². The number of rotatable bonds is 3. The Hall–Kier alpha value is -3.48. The van der Waals surface area contributed by atoms with Gasteiger partial charge < -0.3 is 9.88 Å². The zero-order valence-electron chi connectivity index (χ0n) is 17.7. The number of hydrazine groups is 1. The fourth-order valence-electron chi connectivity index (χ4n) is 5.15. The largest absolute Gasteiger partial charge is 0.356 e. The summed E-state index contributed by atoms with van der Waals surface area (Å²) < 4.78 is 0. The SMILES string of the molecule is O=C(C1CC(c2ccccc2)NN1)N1CCc2c([nH]c3ccccc23)C1c1ccccn1. The highest BCUT2D eigenvalue weighted by Gasteiger charge is 2.40. The van der Waals surface area contributed by atoms with Gasteiger partial charge in [-0.1, -0.05) is 54.6 Å². The lowest BCUT2D eigenvalue weighted by molar-refractivity contribution is -0.135. The maximum atomic E-state index is 13.8. The van der Waals surface area contributed by atoms with Crippen molar-refractivity contribution in [3.05, 3.63) is 102 Å². The van der Waals surface area contributed by atoms with Gasteiger partial charge in [0.25, 0.3) is 0 Å². The van der Waals surface area contributed by atoms with Crippen LogP contribution in [0.5, 0.6) is 0 Å². The summed E-state index contributed by atoms with van der Waals surface area (Å²) >= 11 is 0.